The third kappa shape index (κ3) is 3.11. The van der Waals surface area contributed by atoms with E-state index in [0.717, 1.165) is 28.8 Å². The lowest BCUT2D eigenvalue weighted by atomic mass is 10.1. The minimum Gasteiger partial charge on any atom is -0.380 e. The van der Waals surface area contributed by atoms with Crippen LogP contribution in [0, 0.1) is 6.92 Å². The van der Waals surface area contributed by atoms with Crippen molar-refractivity contribution in [1.82, 2.24) is 9.97 Å². The van der Waals surface area contributed by atoms with E-state index in [1.54, 1.807) is 7.11 Å². The lowest BCUT2D eigenvalue weighted by Gasteiger charge is -2.08. The first-order valence-electron chi connectivity index (χ1n) is 6.27. The van der Waals surface area contributed by atoms with E-state index in [-0.39, 0.29) is 0 Å². The van der Waals surface area contributed by atoms with Gasteiger partial charge in [-0.05, 0) is 25.0 Å². The number of benzene rings is 1. The second-order valence-corrected chi connectivity index (χ2v) is 4.75. The van der Waals surface area contributed by atoms with Gasteiger partial charge >= 0.3 is 0 Å². The van der Waals surface area contributed by atoms with Gasteiger partial charge in [0.25, 0.3) is 0 Å². The van der Waals surface area contributed by atoms with Gasteiger partial charge in [0.1, 0.15) is 5.15 Å². The van der Waals surface area contributed by atoms with Crippen molar-refractivity contribution in [3.05, 3.63) is 46.2 Å². The van der Waals surface area contributed by atoms with Crippen molar-refractivity contribution in [3.8, 4) is 11.4 Å². The number of halogens is 1. The van der Waals surface area contributed by atoms with Crippen LogP contribution in [-0.2, 0) is 17.8 Å². The van der Waals surface area contributed by atoms with Crippen LogP contribution in [0.25, 0.3) is 11.4 Å². The minimum absolute atomic E-state index is 0.527. The first kappa shape index (κ1) is 14.0. The first-order valence-corrected chi connectivity index (χ1v) is 6.64. The summed E-state index contributed by atoms with van der Waals surface area (Å²) in [6.45, 7) is 4.59. The molecule has 0 bridgehead atoms. The molecule has 0 fully saturated rings. The van der Waals surface area contributed by atoms with Gasteiger partial charge < -0.3 is 4.74 Å². The molecule has 4 heteroatoms. The molecule has 0 unspecified atom stereocenters. The molecule has 2 rings (SSSR count). The van der Waals surface area contributed by atoms with Crippen LogP contribution >= 0.6 is 11.6 Å². The topological polar surface area (TPSA) is 35.0 Å². The smallest absolute Gasteiger partial charge is 0.161 e. The summed E-state index contributed by atoms with van der Waals surface area (Å²) in [5.74, 6) is 0.672. The molecule has 3 nitrogen and oxygen atoms in total. The predicted molar refractivity (Wildman–Crippen MR) is 77.3 cm³/mol. The molecule has 0 amide bonds. The Labute approximate surface area is 118 Å². The van der Waals surface area contributed by atoms with Crippen molar-refractivity contribution in [3.63, 3.8) is 0 Å². The van der Waals surface area contributed by atoms with Crippen LogP contribution in [0.15, 0.2) is 24.3 Å². The highest BCUT2D eigenvalue weighted by Gasteiger charge is 2.10. The summed E-state index contributed by atoms with van der Waals surface area (Å²) in [5.41, 5.74) is 4.01. The van der Waals surface area contributed by atoms with Crippen LogP contribution in [-0.4, -0.2) is 17.1 Å². The molecule has 0 saturated heterocycles. The Kier molecular flexibility index (Phi) is 4.51. The Bertz CT molecular complexity index is 584. The van der Waals surface area contributed by atoms with Crippen LogP contribution in [0.2, 0.25) is 5.15 Å². The van der Waals surface area contributed by atoms with E-state index >= 15 is 0 Å². The molecule has 0 aliphatic rings. The number of hydrogen-bond donors (Lipinski definition) is 0. The molecule has 0 spiro atoms. The zero-order valence-electron chi connectivity index (χ0n) is 11.4. The summed E-state index contributed by atoms with van der Waals surface area (Å²) in [6.07, 6.45) is 0.846. The van der Waals surface area contributed by atoms with E-state index < -0.39 is 0 Å². The molecule has 0 atom stereocenters. The van der Waals surface area contributed by atoms with Crippen molar-refractivity contribution < 1.29 is 4.74 Å². The molecule has 0 saturated carbocycles. The molecule has 1 heterocycles. The number of aromatic nitrogens is 2. The molecule has 2 aromatic rings. The van der Waals surface area contributed by atoms with Gasteiger partial charge in [-0.25, -0.2) is 9.97 Å². The maximum Gasteiger partial charge on any atom is 0.161 e. The van der Waals surface area contributed by atoms with Crippen molar-refractivity contribution in [2.75, 3.05) is 7.11 Å². The lowest BCUT2D eigenvalue weighted by molar-refractivity contribution is 0.185. The maximum atomic E-state index is 6.17. The van der Waals surface area contributed by atoms with Crippen molar-refractivity contribution in [1.29, 1.82) is 0 Å². The summed E-state index contributed by atoms with van der Waals surface area (Å²) in [7, 11) is 1.68. The fourth-order valence-corrected chi connectivity index (χ4v) is 2.16. The number of ether oxygens (including phenoxy) is 1. The zero-order valence-corrected chi connectivity index (χ0v) is 12.2. The SMILES string of the molecule is CCc1nc(-c2cccc(COC)c2)nc(Cl)c1C. The largest absolute Gasteiger partial charge is 0.380 e. The van der Waals surface area contributed by atoms with Gasteiger partial charge in [0.05, 0.1) is 6.61 Å². The summed E-state index contributed by atoms with van der Waals surface area (Å²) in [5, 5.41) is 0.527. The normalized spacial score (nSPS) is 10.7. The van der Waals surface area contributed by atoms with Gasteiger partial charge in [-0.1, -0.05) is 36.7 Å². The Balaban J connectivity index is 2.46. The number of rotatable bonds is 4. The van der Waals surface area contributed by atoms with Crippen LogP contribution in [0.3, 0.4) is 0 Å². The molecule has 0 N–H and O–H groups in total. The minimum atomic E-state index is 0.527. The Hall–Kier alpha value is -1.45. The van der Waals surface area contributed by atoms with E-state index in [4.69, 9.17) is 16.3 Å². The highest BCUT2D eigenvalue weighted by atomic mass is 35.5. The van der Waals surface area contributed by atoms with E-state index in [1.165, 1.54) is 0 Å². The molecule has 0 aliphatic heterocycles. The van der Waals surface area contributed by atoms with E-state index in [9.17, 15) is 0 Å². The van der Waals surface area contributed by atoms with Crippen LogP contribution in [0.5, 0.6) is 0 Å². The van der Waals surface area contributed by atoms with Crippen molar-refractivity contribution in [2.24, 2.45) is 0 Å². The number of aryl methyl sites for hydroxylation is 1. The van der Waals surface area contributed by atoms with E-state index in [1.807, 2.05) is 31.2 Å². The average Bonchev–Trinajstić information content (AvgIpc) is 2.42. The summed E-state index contributed by atoms with van der Waals surface area (Å²) < 4.78 is 5.14. The van der Waals surface area contributed by atoms with Gasteiger partial charge in [0, 0.05) is 23.9 Å². The van der Waals surface area contributed by atoms with Gasteiger partial charge in [-0.15, -0.1) is 0 Å². The predicted octanol–water partition coefficient (Wildman–Crippen LogP) is 3.81. The summed E-state index contributed by atoms with van der Waals surface area (Å²) in [6, 6.07) is 8.01. The first-order chi connectivity index (χ1) is 9.15. The third-order valence-corrected chi connectivity index (χ3v) is 3.39. The van der Waals surface area contributed by atoms with Crippen molar-refractivity contribution >= 4 is 11.6 Å². The Morgan fingerprint density at radius 3 is 2.74 bits per heavy atom. The lowest BCUT2D eigenvalue weighted by Crippen LogP contribution is -2.00. The summed E-state index contributed by atoms with van der Waals surface area (Å²) >= 11 is 6.17. The molecule has 19 heavy (non-hydrogen) atoms. The van der Waals surface area contributed by atoms with E-state index in [0.29, 0.717) is 17.6 Å². The van der Waals surface area contributed by atoms with Crippen LogP contribution in [0.1, 0.15) is 23.7 Å². The van der Waals surface area contributed by atoms with Crippen molar-refractivity contribution in [2.45, 2.75) is 26.9 Å². The standard InChI is InChI=1S/C15H17ClN2O/c1-4-13-10(2)14(16)18-15(17-13)12-7-5-6-11(8-12)9-19-3/h5-8H,4,9H2,1-3H3. The molecule has 0 radical (unpaired) electrons. The monoisotopic (exact) mass is 276 g/mol. The maximum absolute atomic E-state index is 6.17. The zero-order chi connectivity index (χ0) is 13.8. The molecule has 100 valence electrons. The van der Waals surface area contributed by atoms with Gasteiger partial charge in [0.15, 0.2) is 5.82 Å². The summed E-state index contributed by atoms with van der Waals surface area (Å²) in [4.78, 5) is 8.95. The quantitative estimate of drug-likeness (QED) is 0.797. The molecule has 1 aromatic heterocycles. The highest BCUT2D eigenvalue weighted by Crippen LogP contribution is 2.23. The number of nitrogens with zero attached hydrogens (tertiary/aromatic N) is 2. The average molecular weight is 277 g/mol. The molecule has 1 aromatic carbocycles. The molecular weight excluding hydrogens is 260 g/mol. The van der Waals surface area contributed by atoms with Gasteiger partial charge in [-0.3, -0.25) is 0 Å². The number of methoxy groups -OCH3 is 1. The Morgan fingerprint density at radius 1 is 1.26 bits per heavy atom. The fraction of sp³-hybridized carbons (Fsp3) is 0.333. The molecule has 0 aliphatic carbocycles. The molecular formula is C15H17ClN2O. The van der Waals surface area contributed by atoms with Crippen LogP contribution < -0.4 is 0 Å². The number of hydrogen-bond acceptors (Lipinski definition) is 3. The van der Waals surface area contributed by atoms with Gasteiger partial charge in [-0.2, -0.15) is 0 Å². The Morgan fingerprint density at radius 2 is 2.05 bits per heavy atom. The fourth-order valence-electron chi connectivity index (χ4n) is 1.97. The highest BCUT2D eigenvalue weighted by molar-refractivity contribution is 6.30. The van der Waals surface area contributed by atoms with Crippen LogP contribution in [0.4, 0.5) is 0 Å². The third-order valence-electron chi connectivity index (χ3n) is 3.02. The van der Waals surface area contributed by atoms with E-state index in [2.05, 4.69) is 16.9 Å². The second-order valence-electron chi connectivity index (χ2n) is 4.40. The van der Waals surface area contributed by atoms with Gasteiger partial charge in [0.2, 0.25) is 0 Å². The second kappa shape index (κ2) is 6.13.